The van der Waals surface area contributed by atoms with Gasteiger partial charge < -0.3 is 10.0 Å². The van der Waals surface area contributed by atoms with E-state index in [-0.39, 0.29) is 11.8 Å². The van der Waals surface area contributed by atoms with E-state index in [2.05, 4.69) is 6.92 Å². The average Bonchev–Trinajstić information content (AvgIpc) is 3.13. The number of benzene rings is 1. The van der Waals surface area contributed by atoms with Gasteiger partial charge in [0.05, 0.1) is 5.56 Å². The molecule has 1 saturated carbocycles. The van der Waals surface area contributed by atoms with Crippen LogP contribution in [0, 0.1) is 11.8 Å². The highest BCUT2D eigenvalue weighted by atomic mass is 16.4. The Morgan fingerprint density at radius 1 is 1.37 bits per heavy atom. The Bertz CT molecular complexity index is 552. The van der Waals surface area contributed by atoms with Crippen molar-refractivity contribution in [2.45, 2.75) is 26.2 Å². The highest BCUT2D eigenvalue weighted by Crippen LogP contribution is 2.41. The lowest BCUT2D eigenvalue weighted by Gasteiger charge is -2.30. The number of rotatable bonds is 2. The van der Waals surface area contributed by atoms with E-state index in [1.807, 2.05) is 6.07 Å². The van der Waals surface area contributed by atoms with E-state index in [4.69, 9.17) is 0 Å². The van der Waals surface area contributed by atoms with Crippen LogP contribution in [0.1, 0.15) is 35.7 Å². The van der Waals surface area contributed by atoms with Crippen molar-refractivity contribution in [1.29, 1.82) is 0 Å². The van der Waals surface area contributed by atoms with Gasteiger partial charge in [-0.1, -0.05) is 13.0 Å². The molecule has 3 rings (SSSR count). The first-order valence-corrected chi connectivity index (χ1v) is 6.76. The maximum atomic E-state index is 12.4. The molecule has 0 aromatic heterocycles. The van der Waals surface area contributed by atoms with E-state index < -0.39 is 5.97 Å². The number of amides is 1. The van der Waals surface area contributed by atoms with E-state index in [1.165, 1.54) is 0 Å². The molecular weight excluding hydrogens is 242 g/mol. The molecule has 1 heterocycles. The molecule has 2 atom stereocenters. The summed E-state index contributed by atoms with van der Waals surface area (Å²) in [4.78, 5) is 25.4. The Morgan fingerprint density at radius 3 is 2.74 bits per heavy atom. The number of nitrogens with zero attached hydrogens (tertiary/aromatic N) is 1. The summed E-state index contributed by atoms with van der Waals surface area (Å²) in [5.74, 6) is -0.137. The fourth-order valence-electron chi connectivity index (χ4n) is 2.92. The first kappa shape index (κ1) is 12.2. The van der Waals surface area contributed by atoms with Gasteiger partial charge in [0.1, 0.15) is 0 Å². The lowest BCUT2D eigenvalue weighted by molar-refractivity contribution is -0.120. The van der Waals surface area contributed by atoms with Crippen molar-refractivity contribution < 1.29 is 14.7 Å². The summed E-state index contributed by atoms with van der Waals surface area (Å²) in [7, 11) is 0. The minimum Gasteiger partial charge on any atom is -0.478 e. The number of fused-ring (bicyclic) bond motifs is 1. The second-order valence-corrected chi connectivity index (χ2v) is 5.52. The van der Waals surface area contributed by atoms with Crippen LogP contribution >= 0.6 is 0 Å². The predicted octanol–water partition coefficient (Wildman–Crippen LogP) is 2.32. The molecule has 4 heteroatoms. The molecule has 0 bridgehead atoms. The summed E-state index contributed by atoms with van der Waals surface area (Å²) >= 11 is 0. The molecule has 1 aromatic carbocycles. The molecule has 1 aliphatic carbocycles. The average molecular weight is 259 g/mol. The molecule has 1 fully saturated rings. The summed E-state index contributed by atoms with van der Waals surface area (Å²) in [6, 6.07) is 5.21. The molecule has 4 nitrogen and oxygen atoms in total. The summed E-state index contributed by atoms with van der Waals surface area (Å²) in [5, 5.41) is 9.23. The highest BCUT2D eigenvalue weighted by molar-refractivity contribution is 6.00. The van der Waals surface area contributed by atoms with Crippen molar-refractivity contribution in [3.63, 3.8) is 0 Å². The SMILES string of the molecule is CC1CC1C(=O)N1CCCc2c(C(=O)O)cccc21. The van der Waals surface area contributed by atoms with Crippen LogP contribution in [0.15, 0.2) is 18.2 Å². The van der Waals surface area contributed by atoms with Crippen molar-refractivity contribution >= 4 is 17.6 Å². The molecular formula is C15H17NO3. The Kier molecular flexibility index (Phi) is 2.81. The Morgan fingerprint density at radius 2 is 2.11 bits per heavy atom. The largest absolute Gasteiger partial charge is 0.478 e. The van der Waals surface area contributed by atoms with Crippen LogP contribution in [0.4, 0.5) is 5.69 Å². The zero-order valence-corrected chi connectivity index (χ0v) is 10.9. The van der Waals surface area contributed by atoms with Gasteiger partial charge >= 0.3 is 5.97 Å². The zero-order valence-electron chi connectivity index (χ0n) is 10.9. The van der Waals surface area contributed by atoms with Crippen LogP contribution in [0.5, 0.6) is 0 Å². The van der Waals surface area contributed by atoms with Crippen LogP contribution < -0.4 is 4.90 Å². The monoisotopic (exact) mass is 259 g/mol. The van der Waals surface area contributed by atoms with Crippen molar-refractivity contribution in [3.05, 3.63) is 29.3 Å². The topological polar surface area (TPSA) is 57.6 Å². The third kappa shape index (κ3) is 2.01. The van der Waals surface area contributed by atoms with E-state index in [1.54, 1.807) is 17.0 Å². The normalized spacial score (nSPS) is 24.8. The van der Waals surface area contributed by atoms with Crippen LogP contribution in [0.25, 0.3) is 0 Å². The first-order valence-electron chi connectivity index (χ1n) is 6.76. The third-order valence-electron chi connectivity index (χ3n) is 4.17. The molecule has 1 aliphatic heterocycles. The molecule has 0 saturated heterocycles. The van der Waals surface area contributed by atoms with Crippen molar-refractivity contribution in [3.8, 4) is 0 Å². The summed E-state index contributed by atoms with van der Waals surface area (Å²) < 4.78 is 0. The zero-order chi connectivity index (χ0) is 13.6. The highest BCUT2D eigenvalue weighted by Gasteiger charge is 2.42. The maximum Gasteiger partial charge on any atom is 0.336 e. The number of hydrogen-bond donors (Lipinski definition) is 1. The lowest BCUT2D eigenvalue weighted by Crippen LogP contribution is -2.37. The van der Waals surface area contributed by atoms with Crippen LogP contribution in [0.2, 0.25) is 0 Å². The van der Waals surface area contributed by atoms with Crippen LogP contribution in [0.3, 0.4) is 0 Å². The van der Waals surface area contributed by atoms with Gasteiger partial charge in [-0.15, -0.1) is 0 Å². The smallest absolute Gasteiger partial charge is 0.336 e. The molecule has 1 amide bonds. The summed E-state index contributed by atoms with van der Waals surface area (Å²) in [5.41, 5.74) is 1.94. The van der Waals surface area contributed by atoms with E-state index >= 15 is 0 Å². The van der Waals surface area contributed by atoms with Crippen LogP contribution in [-0.2, 0) is 11.2 Å². The van der Waals surface area contributed by atoms with Gasteiger partial charge in [0.2, 0.25) is 5.91 Å². The molecule has 2 aliphatic rings. The Hall–Kier alpha value is -1.84. The summed E-state index contributed by atoms with van der Waals surface area (Å²) in [6.07, 6.45) is 2.54. The fourth-order valence-corrected chi connectivity index (χ4v) is 2.92. The number of carboxylic acid groups (broad SMARTS) is 1. The number of anilines is 1. The molecule has 1 aromatic rings. The Labute approximate surface area is 112 Å². The molecule has 0 radical (unpaired) electrons. The van der Waals surface area contributed by atoms with Gasteiger partial charge in [0, 0.05) is 18.2 Å². The first-order chi connectivity index (χ1) is 9.09. The van der Waals surface area contributed by atoms with Gasteiger partial charge in [0.25, 0.3) is 0 Å². The van der Waals surface area contributed by atoms with Gasteiger partial charge in [-0.05, 0) is 42.9 Å². The molecule has 19 heavy (non-hydrogen) atoms. The summed E-state index contributed by atoms with van der Waals surface area (Å²) in [6.45, 7) is 2.79. The van der Waals surface area contributed by atoms with E-state index in [0.29, 0.717) is 18.0 Å². The van der Waals surface area contributed by atoms with Gasteiger partial charge in [0.15, 0.2) is 0 Å². The van der Waals surface area contributed by atoms with Gasteiger partial charge in [-0.25, -0.2) is 4.79 Å². The number of carbonyl (C=O) groups excluding carboxylic acids is 1. The number of aromatic carboxylic acids is 1. The quantitative estimate of drug-likeness (QED) is 0.886. The number of carbonyl (C=O) groups is 2. The van der Waals surface area contributed by atoms with E-state index in [9.17, 15) is 14.7 Å². The number of hydrogen-bond acceptors (Lipinski definition) is 2. The van der Waals surface area contributed by atoms with Crippen molar-refractivity contribution in [1.82, 2.24) is 0 Å². The fraction of sp³-hybridized carbons (Fsp3) is 0.467. The molecule has 1 N–H and O–H groups in total. The van der Waals surface area contributed by atoms with Crippen molar-refractivity contribution in [2.75, 3.05) is 11.4 Å². The van der Waals surface area contributed by atoms with Crippen LogP contribution in [-0.4, -0.2) is 23.5 Å². The lowest BCUT2D eigenvalue weighted by atomic mass is 9.96. The molecule has 100 valence electrons. The minimum absolute atomic E-state index is 0.138. The standard InChI is InChI=1S/C15H17NO3/c1-9-8-12(9)14(17)16-7-3-5-10-11(15(18)19)4-2-6-13(10)16/h2,4,6,9,12H,3,5,7-8H2,1H3,(H,18,19). The van der Waals surface area contributed by atoms with Gasteiger partial charge in [-0.3, -0.25) is 4.79 Å². The minimum atomic E-state index is -0.911. The second kappa shape index (κ2) is 4.37. The molecule has 2 unspecified atom stereocenters. The maximum absolute atomic E-state index is 12.4. The van der Waals surface area contributed by atoms with Crippen molar-refractivity contribution in [2.24, 2.45) is 11.8 Å². The third-order valence-corrected chi connectivity index (χ3v) is 4.17. The van der Waals surface area contributed by atoms with Gasteiger partial charge in [-0.2, -0.15) is 0 Å². The second-order valence-electron chi connectivity index (χ2n) is 5.52. The molecule has 0 spiro atoms. The predicted molar refractivity (Wildman–Crippen MR) is 71.3 cm³/mol. The van der Waals surface area contributed by atoms with E-state index in [0.717, 1.165) is 30.5 Å². The Balaban J connectivity index is 1.98. The number of carboxylic acids is 1.